The third-order valence-corrected chi connectivity index (χ3v) is 4.67. The Balaban J connectivity index is 1.97. The van der Waals surface area contributed by atoms with Crippen LogP contribution < -0.4 is 5.73 Å². The van der Waals surface area contributed by atoms with Crippen molar-refractivity contribution in [2.75, 3.05) is 13.1 Å². The van der Waals surface area contributed by atoms with Gasteiger partial charge in [0.15, 0.2) is 0 Å². The summed E-state index contributed by atoms with van der Waals surface area (Å²) >= 11 is 0. The maximum atomic E-state index is 12.1. The van der Waals surface area contributed by atoms with Crippen molar-refractivity contribution in [2.24, 2.45) is 11.1 Å². The topological polar surface area (TPSA) is 59.2 Å². The molecule has 1 amide bonds. The molecule has 0 unspecified atom stereocenters. The Bertz CT molecular complexity index is 460. The summed E-state index contributed by atoms with van der Waals surface area (Å²) in [6, 6.07) is 6.45. The number of hydrogen-bond acceptors (Lipinski definition) is 3. The second-order valence-corrected chi connectivity index (χ2v) is 6.49. The van der Waals surface area contributed by atoms with Gasteiger partial charge in [0.2, 0.25) is 5.91 Å². The van der Waals surface area contributed by atoms with Gasteiger partial charge in [-0.25, -0.2) is 0 Å². The van der Waals surface area contributed by atoms with Crippen LogP contribution in [0.4, 0.5) is 0 Å². The van der Waals surface area contributed by atoms with Crippen LogP contribution in [-0.4, -0.2) is 34.9 Å². The summed E-state index contributed by atoms with van der Waals surface area (Å²) in [7, 11) is 0. The summed E-state index contributed by atoms with van der Waals surface area (Å²) in [5.41, 5.74) is 6.50. The maximum Gasteiger partial charge on any atom is 0.224 e. The van der Waals surface area contributed by atoms with E-state index in [9.17, 15) is 4.79 Å². The molecule has 2 rings (SSSR count). The minimum Gasteiger partial charge on any atom is -0.369 e. The smallest absolute Gasteiger partial charge is 0.224 e. The molecule has 2 heterocycles. The van der Waals surface area contributed by atoms with Gasteiger partial charge in [-0.3, -0.25) is 14.7 Å². The van der Waals surface area contributed by atoms with E-state index >= 15 is 0 Å². The third-order valence-electron chi connectivity index (χ3n) is 4.67. The number of pyridine rings is 1. The predicted octanol–water partition coefficient (Wildman–Crippen LogP) is 2.38. The Labute approximate surface area is 127 Å². The van der Waals surface area contributed by atoms with Gasteiger partial charge in [-0.15, -0.1) is 0 Å². The van der Waals surface area contributed by atoms with E-state index in [0.717, 1.165) is 50.9 Å². The van der Waals surface area contributed by atoms with Gasteiger partial charge in [-0.1, -0.05) is 6.07 Å². The maximum absolute atomic E-state index is 12.1. The second-order valence-electron chi connectivity index (χ2n) is 6.49. The van der Waals surface area contributed by atoms with Crippen molar-refractivity contribution in [1.82, 2.24) is 9.88 Å². The molecule has 1 aromatic heterocycles. The van der Waals surface area contributed by atoms with Crippen molar-refractivity contribution in [1.29, 1.82) is 0 Å². The fourth-order valence-corrected chi connectivity index (χ4v) is 3.29. The standard InChI is InChI=1S/C17H27N3O/c1-14(2)20-12-6-10-17(13-20,16(18)21)9-5-8-15-7-3-4-11-19-15/h3-4,7,11,14H,5-6,8-10,12-13H2,1-2H3,(H2,18,21)/t17-/m0/s1. The van der Waals surface area contributed by atoms with Crippen LogP contribution >= 0.6 is 0 Å². The number of nitrogens with two attached hydrogens (primary N) is 1. The number of carbonyl (C=O) groups is 1. The first-order valence-electron chi connectivity index (χ1n) is 7.97. The van der Waals surface area contributed by atoms with Crippen LogP contribution in [0.15, 0.2) is 24.4 Å². The number of piperidine rings is 1. The van der Waals surface area contributed by atoms with Crippen LogP contribution in [-0.2, 0) is 11.2 Å². The van der Waals surface area contributed by atoms with Gasteiger partial charge in [-0.2, -0.15) is 0 Å². The lowest BCUT2D eigenvalue weighted by atomic mass is 9.75. The molecule has 0 saturated carbocycles. The number of primary amides is 1. The van der Waals surface area contributed by atoms with Crippen LogP contribution in [0, 0.1) is 5.41 Å². The monoisotopic (exact) mass is 289 g/mol. The Kier molecular flexibility index (Phi) is 5.34. The molecule has 0 aromatic carbocycles. The van der Waals surface area contributed by atoms with Crippen molar-refractivity contribution in [3.8, 4) is 0 Å². The SMILES string of the molecule is CC(C)N1CCC[C@](CCCc2ccccn2)(C(N)=O)C1. The number of aryl methyl sites for hydroxylation is 1. The van der Waals surface area contributed by atoms with Crippen LogP contribution in [0.25, 0.3) is 0 Å². The summed E-state index contributed by atoms with van der Waals surface area (Å²) < 4.78 is 0. The lowest BCUT2D eigenvalue weighted by Crippen LogP contribution is -2.52. The van der Waals surface area contributed by atoms with Crippen LogP contribution in [0.1, 0.15) is 45.2 Å². The Morgan fingerprint density at radius 3 is 2.90 bits per heavy atom. The Hall–Kier alpha value is -1.42. The van der Waals surface area contributed by atoms with E-state index < -0.39 is 0 Å². The van der Waals surface area contributed by atoms with E-state index in [1.807, 2.05) is 24.4 Å². The fraction of sp³-hybridized carbons (Fsp3) is 0.647. The van der Waals surface area contributed by atoms with Crippen molar-refractivity contribution in [3.63, 3.8) is 0 Å². The molecule has 4 heteroatoms. The molecule has 116 valence electrons. The molecular formula is C17H27N3O. The highest BCUT2D eigenvalue weighted by molar-refractivity contribution is 5.81. The first-order chi connectivity index (χ1) is 10.0. The van der Waals surface area contributed by atoms with Gasteiger partial charge < -0.3 is 5.73 Å². The molecule has 21 heavy (non-hydrogen) atoms. The summed E-state index contributed by atoms with van der Waals surface area (Å²) in [4.78, 5) is 18.8. The van der Waals surface area contributed by atoms with Crippen LogP contribution in [0.2, 0.25) is 0 Å². The van der Waals surface area contributed by atoms with Crippen molar-refractivity contribution in [3.05, 3.63) is 30.1 Å². The highest BCUT2D eigenvalue weighted by Gasteiger charge is 2.40. The Morgan fingerprint density at radius 1 is 1.48 bits per heavy atom. The predicted molar refractivity (Wildman–Crippen MR) is 84.7 cm³/mol. The molecule has 0 radical (unpaired) electrons. The van der Waals surface area contributed by atoms with Gasteiger partial charge >= 0.3 is 0 Å². The molecule has 1 aliphatic heterocycles. The quantitative estimate of drug-likeness (QED) is 0.874. The van der Waals surface area contributed by atoms with Gasteiger partial charge in [0.05, 0.1) is 5.41 Å². The summed E-state index contributed by atoms with van der Waals surface area (Å²) in [5.74, 6) is -0.131. The molecular weight excluding hydrogens is 262 g/mol. The normalized spacial score (nSPS) is 23.4. The van der Waals surface area contributed by atoms with Gasteiger partial charge in [-0.05, 0) is 64.6 Å². The zero-order valence-corrected chi connectivity index (χ0v) is 13.2. The van der Waals surface area contributed by atoms with E-state index in [1.54, 1.807) is 0 Å². The van der Waals surface area contributed by atoms with Crippen molar-refractivity contribution in [2.45, 2.75) is 52.0 Å². The summed E-state index contributed by atoms with van der Waals surface area (Å²) in [6.45, 7) is 6.26. The van der Waals surface area contributed by atoms with Crippen molar-refractivity contribution < 1.29 is 4.79 Å². The first-order valence-corrected chi connectivity index (χ1v) is 7.97. The summed E-state index contributed by atoms with van der Waals surface area (Å²) in [5, 5.41) is 0. The second kappa shape index (κ2) is 7.03. The van der Waals surface area contributed by atoms with Gasteiger partial charge in [0.1, 0.15) is 0 Å². The van der Waals surface area contributed by atoms with E-state index in [0.29, 0.717) is 6.04 Å². The van der Waals surface area contributed by atoms with E-state index in [4.69, 9.17) is 5.73 Å². The van der Waals surface area contributed by atoms with Gasteiger partial charge in [0.25, 0.3) is 0 Å². The third kappa shape index (κ3) is 4.03. The van der Waals surface area contributed by atoms with Crippen molar-refractivity contribution >= 4 is 5.91 Å². The molecule has 1 atom stereocenters. The molecule has 0 aliphatic carbocycles. The zero-order valence-electron chi connectivity index (χ0n) is 13.2. The average molecular weight is 289 g/mol. The molecule has 1 aromatic rings. The number of amides is 1. The lowest BCUT2D eigenvalue weighted by Gasteiger charge is -2.42. The largest absolute Gasteiger partial charge is 0.369 e. The zero-order chi connectivity index (χ0) is 15.3. The number of rotatable bonds is 6. The van der Waals surface area contributed by atoms with E-state index in [2.05, 4.69) is 23.7 Å². The fourth-order valence-electron chi connectivity index (χ4n) is 3.29. The first kappa shape index (κ1) is 16.0. The molecule has 4 nitrogen and oxygen atoms in total. The average Bonchev–Trinajstić information content (AvgIpc) is 2.48. The highest BCUT2D eigenvalue weighted by atomic mass is 16.1. The minimum absolute atomic E-state index is 0.131. The number of aromatic nitrogens is 1. The molecule has 0 spiro atoms. The van der Waals surface area contributed by atoms with Crippen LogP contribution in [0.3, 0.4) is 0 Å². The molecule has 1 aliphatic rings. The highest BCUT2D eigenvalue weighted by Crippen LogP contribution is 2.35. The van der Waals surface area contributed by atoms with E-state index in [1.165, 1.54) is 0 Å². The lowest BCUT2D eigenvalue weighted by molar-refractivity contribution is -0.132. The Morgan fingerprint density at radius 2 is 2.29 bits per heavy atom. The number of nitrogens with zero attached hydrogens (tertiary/aromatic N) is 2. The number of hydrogen-bond donors (Lipinski definition) is 1. The number of likely N-dealkylation sites (tertiary alicyclic amines) is 1. The van der Waals surface area contributed by atoms with Crippen LogP contribution in [0.5, 0.6) is 0 Å². The molecule has 0 bridgehead atoms. The molecule has 1 saturated heterocycles. The number of carbonyl (C=O) groups excluding carboxylic acids is 1. The molecule has 2 N–H and O–H groups in total. The molecule has 1 fully saturated rings. The minimum atomic E-state index is -0.350. The van der Waals surface area contributed by atoms with E-state index in [-0.39, 0.29) is 11.3 Å². The van der Waals surface area contributed by atoms with Gasteiger partial charge in [0, 0.05) is 24.5 Å². The summed E-state index contributed by atoms with van der Waals surface area (Å²) in [6.07, 6.45) is 6.55.